The van der Waals surface area contributed by atoms with Gasteiger partial charge in [0.15, 0.2) is 11.6 Å². The van der Waals surface area contributed by atoms with Crippen molar-refractivity contribution in [1.82, 2.24) is 0 Å². The Kier molecular flexibility index (Phi) is 7.09. The average molecular weight is 434 g/mol. The first-order valence-electron chi connectivity index (χ1n) is 8.90. The number of aryl methyl sites for hydroxylation is 1. The topological polar surface area (TPSA) is 58.6 Å². The Hall–Kier alpha value is -2.60. The largest absolute Gasteiger partial charge is 0.454 e. The van der Waals surface area contributed by atoms with Crippen LogP contribution in [0.25, 0.3) is 0 Å². The summed E-state index contributed by atoms with van der Waals surface area (Å²) in [5.74, 6) is -0.513. The van der Waals surface area contributed by atoms with E-state index < -0.39 is 11.7 Å². The van der Waals surface area contributed by atoms with Crippen LogP contribution in [0.1, 0.15) is 22.3 Å². The third kappa shape index (κ3) is 5.70. The second-order valence-electron chi connectivity index (χ2n) is 6.30. The number of hydrogen-bond acceptors (Lipinski definition) is 3. The summed E-state index contributed by atoms with van der Waals surface area (Å²) >= 11 is 11.8. The van der Waals surface area contributed by atoms with Crippen LogP contribution in [0.3, 0.4) is 0 Å². The van der Waals surface area contributed by atoms with Crippen LogP contribution in [0.2, 0.25) is 10.0 Å². The van der Waals surface area contributed by atoms with Crippen LogP contribution < -0.4 is 10.1 Å². The van der Waals surface area contributed by atoms with Crippen LogP contribution in [-0.4, -0.2) is 17.6 Å². The van der Waals surface area contributed by atoms with Crippen molar-refractivity contribution in [2.75, 3.05) is 11.9 Å². The van der Waals surface area contributed by atoms with E-state index in [4.69, 9.17) is 33.0 Å². The van der Waals surface area contributed by atoms with Gasteiger partial charge < -0.3 is 15.2 Å². The van der Waals surface area contributed by atoms with Crippen LogP contribution in [0.15, 0.2) is 60.7 Å². The molecular formula is C22H18Cl2FNO3. The van der Waals surface area contributed by atoms with E-state index in [2.05, 4.69) is 5.32 Å². The number of hydrogen-bond donors (Lipinski definition) is 2. The fourth-order valence-electron chi connectivity index (χ4n) is 2.64. The molecule has 0 saturated carbocycles. The Labute approximate surface area is 177 Å². The van der Waals surface area contributed by atoms with E-state index in [0.29, 0.717) is 22.8 Å². The van der Waals surface area contributed by atoms with Gasteiger partial charge in [0.25, 0.3) is 5.91 Å². The SMILES string of the molecule is O=C(Nc1ccc(Oc2ccc(CCCO)cc2)c(F)c1)c1ccc(Cl)c(Cl)c1. The standard InChI is InChI=1S/C22H18Cl2FNO3/c23-18-9-5-15(12-19(18)24)22(28)26-16-6-10-21(20(25)13-16)29-17-7-3-14(4-8-17)2-1-11-27/h3-10,12-13,27H,1-2,11H2,(H,26,28). The first kappa shape index (κ1) is 21.1. The summed E-state index contributed by atoms with van der Waals surface area (Å²) in [6.45, 7) is 0.136. The molecule has 0 aliphatic rings. The summed E-state index contributed by atoms with van der Waals surface area (Å²) < 4.78 is 20.0. The molecule has 3 aromatic rings. The van der Waals surface area contributed by atoms with Crippen molar-refractivity contribution in [1.29, 1.82) is 0 Å². The molecule has 0 spiro atoms. The first-order chi connectivity index (χ1) is 14.0. The Balaban J connectivity index is 1.66. The van der Waals surface area contributed by atoms with Crippen LogP contribution in [0, 0.1) is 5.82 Å². The third-order valence-corrected chi connectivity index (χ3v) is 4.89. The summed E-state index contributed by atoms with van der Waals surface area (Å²) in [6, 6.07) is 15.9. The smallest absolute Gasteiger partial charge is 0.255 e. The van der Waals surface area contributed by atoms with E-state index in [1.807, 2.05) is 12.1 Å². The molecule has 2 N–H and O–H groups in total. The number of amides is 1. The predicted octanol–water partition coefficient (Wildman–Crippen LogP) is 6.10. The lowest BCUT2D eigenvalue weighted by atomic mass is 10.1. The second-order valence-corrected chi connectivity index (χ2v) is 7.12. The van der Waals surface area contributed by atoms with E-state index in [1.54, 1.807) is 18.2 Å². The number of benzene rings is 3. The molecule has 3 rings (SSSR count). The number of halogens is 3. The minimum Gasteiger partial charge on any atom is -0.454 e. The van der Waals surface area contributed by atoms with Crippen LogP contribution in [0.5, 0.6) is 11.5 Å². The van der Waals surface area contributed by atoms with Gasteiger partial charge in [0.05, 0.1) is 10.0 Å². The van der Waals surface area contributed by atoms with Gasteiger partial charge in [-0.3, -0.25) is 4.79 Å². The molecule has 0 aliphatic heterocycles. The number of rotatable bonds is 7. The molecule has 0 fully saturated rings. The average Bonchev–Trinajstić information content (AvgIpc) is 2.71. The van der Waals surface area contributed by atoms with Gasteiger partial charge in [-0.05, 0) is 60.9 Å². The molecule has 3 aromatic carbocycles. The number of nitrogens with one attached hydrogen (secondary N) is 1. The summed E-state index contributed by atoms with van der Waals surface area (Å²) in [5.41, 5.74) is 1.65. The molecule has 0 heterocycles. The van der Waals surface area contributed by atoms with Crippen molar-refractivity contribution >= 4 is 34.8 Å². The summed E-state index contributed by atoms with van der Waals surface area (Å²) in [4.78, 5) is 12.3. The fraction of sp³-hybridized carbons (Fsp3) is 0.136. The highest BCUT2D eigenvalue weighted by molar-refractivity contribution is 6.42. The highest BCUT2D eigenvalue weighted by atomic mass is 35.5. The van der Waals surface area contributed by atoms with Gasteiger partial charge in [-0.1, -0.05) is 35.3 Å². The van der Waals surface area contributed by atoms with E-state index in [0.717, 1.165) is 12.0 Å². The third-order valence-electron chi connectivity index (χ3n) is 4.15. The first-order valence-corrected chi connectivity index (χ1v) is 9.65. The predicted molar refractivity (Wildman–Crippen MR) is 113 cm³/mol. The van der Waals surface area contributed by atoms with E-state index >= 15 is 0 Å². The molecule has 0 aliphatic carbocycles. The summed E-state index contributed by atoms with van der Waals surface area (Å²) in [7, 11) is 0. The highest BCUT2D eigenvalue weighted by Crippen LogP contribution is 2.28. The quantitative estimate of drug-likeness (QED) is 0.472. The number of anilines is 1. The van der Waals surface area contributed by atoms with Crippen LogP contribution >= 0.6 is 23.2 Å². The second kappa shape index (κ2) is 9.74. The molecule has 0 radical (unpaired) electrons. The molecule has 4 nitrogen and oxygen atoms in total. The van der Waals surface area contributed by atoms with Gasteiger partial charge >= 0.3 is 0 Å². The van der Waals surface area contributed by atoms with Crippen molar-refractivity contribution < 1.29 is 19.0 Å². The van der Waals surface area contributed by atoms with E-state index in [9.17, 15) is 9.18 Å². The fourth-order valence-corrected chi connectivity index (χ4v) is 2.93. The normalized spacial score (nSPS) is 10.6. The van der Waals surface area contributed by atoms with Crippen molar-refractivity contribution in [2.45, 2.75) is 12.8 Å². The van der Waals surface area contributed by atoms with Gasteiger partial charge in [-0.2, -0.15) is 0 Å². The molecule has 0 bridgehead atoms. The highest BCUT2D eigenvalue weighted by Gasteiger charge is 2.11. The van der Waals surface area contributed by atoms with E-state index in [-0.39, 0.29) is 23.1 Å². The number of aliphatic hydroxyl groups is 1. The van der Waals surface area contributed by atoms with E-state index in [1.165, 1.54) is 30.3 Å². The number of ether oxygens (including phenoxy) is 1. The maximum Gasteiger partial charge on any atom is 0.255 e. The molecule has 0 unspecified atom stereocenters. The number of aliphatic hydroxyl groups excluding tert-OH is 1. The van der Waals surface area contributed by atoms with Crippen molar-refractivity contribution in [2.24, 2.45) is 0 Å². The monoisotopic (exact) mass is 433 g/mol. The van der Waals surface area contributed by atoms with Gasteiger partial charge in [-0.15, -0.1) is 0 Å². The van der Waals surface area contributed by atoms with Crippen molar-refractivity contribution in [3.05, 3.63) is 87.7 Å². The van der Waals surface area contributed by atoms with Crippen LogP contribution in [-0.2, 0) is 6.42 Å². The summed E-state index contributed by atoms with van der Waals surface area (Å²) in [5, 5.41) is 12.1. The molecule has 0 atom stereocenters. The number of carbonyl (C=O) groups is 1. The molecule has 0 aromatic heterocycles. The Morgan fingerprint density at radius 1 is 1.00 bits per heavy atom. The minimum atomic E-state index is -0.610. The van der Waals surface area contributed by atoms with Crippen LogP contribution in [0.4, 0.5) is 10.1 Å². The summed E-state index contributed by atoms with van der Waals surface area (Å²) in [6.07, 6.45) is 1.45. The lowest BCUT2D eigenvalue weighted by Gasteiger charge is -2.10. The lowest BCUT2D eigenvalue weighted by Crippen LogP contribution is -2.12. The number of carbonyl (C=O) groups excluding carboxylic acids is 1. The molecule has 7 heteroatoms. The van der Waals surface area contributed by atoms with Crippen molar-refractivity contribution in [3.8, 4) is 11.5 Å². The minimum absolute atomic E-state index is 0.0423. The van der Waals surface area contributed by atoms with Gasteiger partial charge in [0.2, 0.25) is 0 Å². The maximum atomic E-state index is 14.4. The van der Waals surface area contributed by atoms with Gasteiger partial charge in [0.1, 0.15) is 5.75 Å². The molecular weight excluding hydrogens is 416 g/mol. The van der Waals surface area contributed by atoms with Gasteiger partial charge in [0, 0.05) is 23.9 Å². The zero-order valence-electron chi connectivity index (χ0n) is 15.3. The Morgan fingerprint density at radius 2 is 1.76 bits per heavy atom. The molecule has 1 amide bonds. The zero-order valence-corrected chi connectivity index (χ0v) is 16.8. The Bertz CT molecular complexity index is 1010. The molecule has 150 valence electrons. The lowest BCUT2D eigenvalue weighted by molar-refractivity contribution is 0.102. The molecule has 0 saturated heterocycles. The maximum absolute atomic E-state index is 14.4. The Morgan fingerprint density at radius 3 is 2.41 bits per heavy atom. The van der Waals surface area contributed by atoms with Crippen molar-refractivity contribution in [3.63, 3.8) is 0 Å². The van der Waals surface area contributed by atoms with Gasteiger partial charge in [-0.25, -0.2) is 4.39 Å². The zero-order chi connectivity index (χ0) is 20.8. The molecule has 29 heavy (non-hydrogen) atoms.